The molecule has 162 valence electrons. The second-order valence-corrected chi connectivity index (χ2v) is 9.89. The van der Waals surface area contributed by atoms with Crippen molar-refractivity contribution in [1.29, 1.82) is 0 Å². The van der Waals surface area contributed by atoms with Gasteiger partial charge in [-0.1, -0.05) is 71.9 Å². The van der Waals surface area contributed by atoms with E-state index in [2.05, 4.69) is 0 Å². The number of esters is 1. The maximum absolute atomic E-state index is 13.7. The minimum atomic E-state index is -0.342. The largest absolute Gasteiger partial charge is 0.465 e. The number of thiophene rings is 1. The molecule has 0 bridgehead atoms. The summed E-state index contributed by atoms with van der Waals surface area (Å²) >= 11 is 9.16. The Kier molecular flexibility index (Phi) is 6.04. The number of carbonyl (C=O) groups excluding carboxylic acids is 1. The van der Waals surface area contributed by atoms with E-state index >= 15 is 0 Å². The van der Waals surface area contributed by atoms with Crippen LogP contribution in [0.1, 0.15) is 12.0 Å². The zero-order valence-corrected chi connectivity index (χ0v) is 19.4. The lowest BCUT2D eigenvalue weighted by molar-refractivity contribution is -0.137. The van der Waals surface area contributed by atoms with Crippen molar-refractivity contribution in [2.45, 2.75) is 29.8 Å². The minimum absolute atomic E-state index is 0.115. The van der Waals surface area contributed by atoms with E-state index in [1.54, 1.807) is 4.57 Å². The van der Waals surface area contributed by atoms with Crippen LogP contribution in [0.25, 0.3) is 21.3 Å². The summed E-state index contributed by atoms with van der Waals surface area (Å²) in [5, 5.41) is 3.30. The van der Waals surface area contributed by atoms with Crippen LogP contribution in [0.5, 0.6) is 0 Å². The minimum Gasteiger partial charge on any atom is -0.465 e. The summed E-state index contributed by atoms with van der Waals surface area (Å²) in [6.45, 7) is 0.871. The number of cyclic esters (lactones) is 1. The molecule has 1 aliphatic heterocycles. The van der Waals surface area contributed by atoms with Crippen LogP contribution in [0, 0.1) is 0 Å². The zero-order valence-electron chi connectivity index (χ0n) is 17.0. The third kappa shape index (κ3) is 4.08. The van der Waals surface area contributed by atoms with Crippen molar-refractivity contribution in [1.82, 2.24) is 9.55 Å². The van der Waals surface area contributed by atoms with Gasteiger partial charge in [0.25, 0.3) is 5.56 Å². The molecule has 0 unspecified atom stereocenters. The standard InChI is InChI=1S/C24H19ClN2O3S2/c25-18-9-5-4-8-16(18)17-14-31-21-20(17)22(28)27(12-10-15-6-2-1-3-7-15)24(26-21)32-19-11-13-30-23(19)29/h1-9,14,19H,10-13H2/t19-/m0/s1. The molecule has 3 heterocycles. The van der Waals surface area contributed by atoms with Gasteiger partial charge in [-0.05, 0) is 18.1 Å². The van der Waals surface area contributed by atoms with Gasteiger partial charge in [-0.15, -0.1) is 11.3 Å². The van der Waals surface area contributed by atoms with Crippen molar-refractivity contribution in [3.8, 4) is 11.1 Å². The molecule has 0 aliphatic carbocycles. The number of thioether (sulfide) groups is 1. The molecule has 0 amide bonds. The number of nitrogens with zero attached hydrogens (tertiary/aromatic N) is 2. The van der Waals surface area contributed by atoms with Crippen LogP contribution in [0.15, 0.2) is 69.9 Å². The average molecular weight is 483 g/mol. The van der Waals surface area contributed by atoms with Crippen molar-refractivity contribution >= 4 is 50.9 Å². The predicted octanol–water partition coefficient (Wildman–Crippen LogP) is 5.43. The van der Waals surface area contributed by atoms with Crippen molar-refractivity contribution < 1.29 is 9.53 Å². The van der Waals surface area contributed by atoms with Crippen molar-refractivity contribution in [3.05, 3.63) is 80.9 Å². The first-order valence-electron chi connectivity index (χ1n) is 10.3. The number of aromatic nitrogens is 2. The van der Waals surface area contributed by atoms with Crippen LogP contribution in [0.4, 0.5) is 0 Å². The molecular formula is C24H19ClN2O3S2. The molecule has 2 aromatic carbocycles. The summed E-state index contributed by atoms with van der Waals surface area (Å²) < 4.78 is 6.81. The van der Waals surface area contributed by atoms with Crippen LogP contribution in [0.3, 0.4) is 0 Å². The lowest BCUT2D eigenvalue weighted by atomic mass is 10.1. The van der Waals surface area contributed by atoms with E-state index in [9.17, 15) is 9.59 Å². The quantitative estimate of drug-likeness (QED) is 0.271. The van der Waals surface area contributed by atoms with E-state index in [1.807, 2.05) is 60.0 Å². The number of ether oxygens (including phenoxy) is 1. The maximum Gasteiger partial charge on any atom is 0.319 e. The number of halogens is 1. The van der Waals surface area contributed by atoms with E-state index in [0.717, 1.165) is 16.7 Å². The van der Waals surface area contributed by atoms with E-state index in [-0.39, 0.29) is 16.8 Å². The highest BCUT2D eigenvalue weighted by atomic mass is 35.5. The molecule has 0 saturated carbocycles. The second-order valence-electron chi connectivity index (χ2n) is 7.46. The molecule has 0 spiro atoms. The smallest absolute Gasteiger partial charge is 0.319 e. The summed E-state index contributed by atoms with van der Waals surface area (Å²) in [6, 6.07) is 17.5. The molecule has 5 rings (SSSR count). The average Bonchev–Trinajstić information content (AvgIpc) is 3.41. The monoisotopic (exact) mass is 482 g/mol. The van der Waals surface area contributed by atoms with Gasteiger partial charge in [0.1, 0.15) is 10.1 Å². The van der Waals surface area contributed by atoms with Crippen LogP contribution in [-0.2, 0) is 22.5 Å². The first-order valence-corrected chi connectivity index (χ1v) is 12.4. The SMILES string of the molecule is O=C1OCC[C@@H]1Sc1nc2scc(-c3ccccc3Cl)c2c(=O)n1CCc1ccccc1. The van der Waals surface area contributed by atoms with Gasteiger partial charge in [-0.2, -0.15) is 0 Å². The number of rotatable bonds is 6. The van der Waals surface area contributed by atoms with Crippen molar-refractivity contribution in [2.24, 2.45) is 0 Å². The Hall–Kier alpha value is -2.61. The molecule has 1 aliphatic rings. The molecule has 1 saturated heterocycles. The van der Waals surface area contributed by atoms with Gasteiger partial charge in [-0.3, -0.25) is 14.2 Å². The molecule has 0 N–H and O–H groups in total. The van der Waals surface area contributed by atoms with Gasteiger partial charge in [0.15, 0.2) is 5.16 Å². The number of carbonyl (C=O) groups is 1. The predicted molar refractivity (Wildman–Crippen MR) is 130 cm³/mol. The lowest BCUT2D eigenvalue weighted by Crippen LogP contribution is -2.25. The Morgan fingerprint density at radius 2 is 1.88 bits per heavy atom. The van der Waals surface area contributed by atoms with Crippen LogP contribution in [-0.4, -0.2) is 27.4 Å². The second kappa shape index (κ2) is 9.10. The highest BCUT2D eigenvalue weighted by Gasteiger charge is 2.30. The normalized spacial score (nSPS) is 15.9. The summed E-state index contributed by atoms with van der Waals surface area (Å²) in [4.78, 5) is 31.3. The Balaban J connectivity index is 1.62. The van der Waals surface area contributed by atoms with E-state index < -0.39 is 0 Å². The van der Waals surface area contributed by atoms with Crippen LogP contribution >= 0.6 is 34.7 Å². The fourth-order valence-corrected chi connectivity index (χ4v) is 6.07. The first kappa shape index (κ1) is 21.2. The third-order valence-corrected chi connectivity index (χ3v) is 7.86. The van der Waals surface area contributed by atoms with Crippen molar-refractivity contribution in [2.75, 3.05) is 6.61 Å². The number of hydrogen-bond donors (Lipinski definition) is 0. The molecule has 1 atom stereocenters. The first-order chi connectivity index (χ1) is 15.6. The van der Waals surface area contributed by atoms with E-state index in [0.29, 0.717) is 46.4 Å². The molecule has 8 heteroatoms. The Morgan fingerprint density at radius 1 is 1.09 bits per heavy atom. The number of fused-ring (bicyclic) bond motifs is 1. The van der Waals surface area contributed by atoms with Crippen LogP contribution in [0.2, 0.25) is 5.02 Å². The third-order valence-electron chi connectivity index (χ3n) is 5.42. The lowest BCUT2D eigenvalue weighted by Gasteiger charge is -2.14. The molecular weight excluding hydrogens is 464 g/mol. The van der Waals surface area contributed by atoms with E-state index in [1.165, 1.54) is 23.1 Å². The fourth-order valence-electron chi connectivity index (χ4n) is 3.77. The van der Waals surface area contributed by atoms with E-state index in [4.69, 9.17) is 21.3 Å². The summed E-state index contributed by atoms with van der Waals surface area (Å²) in [6.07, 6.45) is 1.30. The molecule has 5 nitrogen and oxygen atoms in total. The fraction of sp³-hybridized carbons (Fsp3) is 0.208. The summed E-state index contributed by atoms with van der Waals surface area (Å²) in [5.74, 6) is -0.248. The summed E-state index contributed by atoms with van der Waals surface area (Å²) in [7, 11) is 0. The van der Waals surface area contributed by atoms with Gasteiger partial charge in [0.05, 0.1) is 12.0 Å². The Bertz CT molecular complexity index is 1350. The number of hydrogen-bond acceptors (Lipinski definition) is 6. The highest BCUT2D eigenvalue weighted by molar-refractivity contribution is 8.00. The number of benzene rings is 2. The van der Waals surface area contributed by atoms with Gasteiger partial charge in [0.2, 0.25) is 0 Å². The molecule has 0 radical (unpaired) electrons. The topological polar surface area (TPSA) is 61.2 Å². The Morgan fingerprint density at radius 3 is 2.62 bits per heavy atom. The summed E-state index contributed by atoms with van der Waals surface area (Å²) in [5.41, 5.74) is 2.62. The van der Waals surface area contributed by atoms with Gasteiger partial charge >= 0.3 is 5.97 Å². The maximum atomic E-state index is 13.7. The van der Waals surface area contributed by atoms with Gasteiger partial charge < -0.3 is 4.74 Å². The Labute approximate surface area is 198 Å². The molecule has 1 fully saturated rings. The number of aryl methyl sites for hydroxylation is 1. The van der Waals surface area contributed by atoms with Gasteiger partial charge in [-0.25, -0.2) is 4.98 Å². The molecule has 2 aromatic heterocycles. The molecule has 4 aromatic rings. The highest BCUT2D eigenvalue weighted by Crippen LogP contribution is 2.37. The van der Waals surface area contributed by atoms with Gasteiger partial charge in [0, 0.05) is 34.5 Å². The molecule has 32 heavy (non-hydrogen) atoms. The van der Waals surface area contributed by atoms with Crippen molar-refractivity contribution in [3.63, 3.8) is 0 Å². The van der Waals surface area contributed by atoms with Crippen LogP contribution < -0.4 is 5.56 Å². The zero-order chi connectivity index (χ0) is 22.1.